The van der Waals surface area contributed by atoms with Crippen molar-refractivity contribution < 1.29 is 14.4 Å². The first-order valence-electron chi connectivity index (χ1n) is 6.51. The van der Waals surface area contributed by atoms with Gasteiger partial charge in [-0.2, -0.15) is 0 Å². The smallest absolute Gasteiger partial charge is 0.244 e. The highest BCUT2D eigenvalue weighted by Crippen LogP contribution is 2.09. The van der Waals surface area contributed by atoms with E-state index < -0.39 is 6.04 Å². The quantitative estimate of drug-likeness (QED) is 0.655. The molecule has 0 spiro atoms. The summed E-state index contributed by atoms with van der Waals surface area (Å²) < 4.78 is 0. The molecule has 2 aliphatic rings. The van der Waals surface area contributed by atoms with Crippen molar-refractivity contribution in [3.05, 3.63) is 0 Å². The number of carbonyl (C=O) groups is 3. The Morgan fingerprint density at radius 1 is 1.28 bits per heavy atom. The van der Waals surface area contributed by atoms with Gasteiger partial charge in [0.2, 0.25) is 17.7 Å². The van der Waals surface area contributed by atoms with Crippen LogP contribution in [0.2, 0.25) is 0 Å². The van der Waals surface area contributed by atoms with E-state index in [1.54, 1.807) is 0 Å². The van der Waals surface area contributed by atoms with Crippen LogP contribution in [0.4, 0.5) is 0 Å². The highest BCUT2D eigenvalue weighted by molar-refractivity contribution is 6.05. The number of amides is 3. The third-order valence-electron chi connectivity index (χ3n) is 3.41. The molecular formula is C12H19N3O3. The first kappa shape index (κ1) is 13.0. The highest BCUT2D eigenvalue weighted by atomic mass is 16.2. The molecule has 2 aliphatic heterocycles. The third kappa shape index (κ3) is 3.29. The Hall–Kier alpha value is -1.43. The molecule has 2 saturated heterocycles. The Labute approximate surface area is 106 Å². The first-order valence-corrected chi connectivity index (χ1v) is 6.51. The zero-order valence-corrected chi connectivity index (χ0v) is 10.4. The van der Waals surface area contributed by atoms with Gasteiger partial charge in [-0.1, -0.05) is 0 Å². The summed E-state index contributed by atoms with van der Waals surface area (Å²) in [5, 5.41) is 5.18. The predicted octanol–water partition coefficient (Wildman–Crippen LogP) is -0.606. The molecule has 0 aromatic carbocycles. The number of rotatable bonds is 4. The number of nitrogens with one attached hydrogen (secondary N) is 2. The van der Waals surface area contributed by atoms with E-state index in [0.29, 0.717) is 13.0 Å². The van der Waals surface area contributed by atoms with Gasteiger partial charge in [0, 0.05) is 26.1 Å². The predicted molar refractivity (Wildman–Crippen MR) is 64.6 cm³/mol. The van der Waals surface area contributed by atoms with E-state index in [9.17, 15) is 14.4 Å². The van der Waals surface area contributed by atoms with Crippen LogP contribution in [0.25, 0.3) is 0 Å². The van der Waals surface area contributed by atoms with Gasteiger partial charge in [0.05, 0.1) is 12.5 Å². The molecule has 0 aliphatic carbocycles. The molecule has 0 saturated carbocycles. The molecule has 18 heavy (non-hydrogen) atoms. The zero-order chi connectivity index (χ0) is 13.0. The minimum atomic E-state index is -0.466. The summed E-state index contributed by atoms with van der Waals surface area (Å²) in [6.07, 6.45) is 3.93. The summed E-state index contributed by atoms with van der Waals surface area (Å²) in [5.41, 5.74) is 0. The number of hydrogen-bond acceptors (Lipinski definition) is 4. The lowest BCUT2D eigenvalue weighted by molar-refractivity contribution is -0.132. The van der Waals surface area contributed by atoms with Gasteiger partial charge in [0.25, 0.3) is 0 Å². The Kier molecular flexibility index (Phi) is 4.30. The molecule has 2 N–H and O–H groups in total. The second-order valence-corrected chi connectivity index (χ2v) is 4.81. The van der Waals surface area contributed by atoms with Crippen molar-refractivity contribution >= 4 is 17.7 Å². The summed E-state index contributed by atoms with van der Waals surface area (Å²) in [4.78, 5) is 35.9. The van der Waals surface area contributed by atoms with E-state index in [4.69, 9.17) is 0 Å². The average Bonchev–Trinajstić information content (AvgIpc) is 2.69. The number of piperidine rings is 1. The van der Waals surface area contributed by atoms with Crippen LogP contribution in [0.3, 0.4) is 0 Å². The molecule has 2 rings (SSSR count). The van der Waals surface area contributed by atoms with Gasteiger partial charge in [-0.25, -0.2) is 0 Å². The second kappa shape index (κ2) is 5.95. The van der Waals surface area contributed by atoms with Crippen LogP contribution in [0.15, 0.2) is 0 Å². The van der Waals surface area contributed by atoms with Crippen molar-refractivity contribution in [3.63, 3.8) is 0 Å². The maximum Gasteiger partial charge on any atom is 0.244 e. The molecule has 6 heteroatoms. The molecule has 1 atom stereocenters. The third-order valence-corrected chi connectivity index (χ3v) is 3.41. The second-order valence-electron chi connectivity index (χ2n) is 4.81. The molecule has 0 radical (unpaired) electrons. The number of nitrogens with zero attached hydrogens (tertiary/aromatic N) is 1. The maximum absolute atomic E-state index is 11.8. The Bertz CT molecular complexity index is 350. The molecule has 0 bridgehead atoms. The lowest BCUT2D eigenvalue weighted by Crippen LogP contribution is -2.40. The van der Waals surface area contributed by atoms with E-state index in [-0.39, 0.29) is 24.1 Å². The van der Waals surface area contributed by atoms with Crippen molar-refractivity contribution in [1.29, 1.82) is 0 Å². The Balaban J connectivity index is 1.67. The molecule has 1 unspecified atom stereocenters. The van der Waals surface area contributed by atoms with Crippen LogP contribution in [0, 0.1) is 0 Å². The van der Waals surface area contributed by atoms with Crippen LogP contribution >= 0.6 is 0 Å². The molecule has 3 amide bonds. The van der Waals surface area contributed by atoms with Gasteiger partial charge in [-0.05, 0) is 19.3 Å². The van der Waals surface area contributed by atoms with Crippen molar-refractivity contribution in [1.82, 2.24) is 15.5 Å². The fourth-order valence-electron chi connectivity index (χ4n) is 2.37. The van der Waals surface area contributed by atoms with Crippen molar-refractivity contribution in [2.45, 2.75) is 38.1 Å². The average molecular weight is 253 g/mol. The minimum Gasteiger partial charge on any atom is -0.343 e. The normalized spacial score (nSPS) is 24.2. The Morgan fingerprint density at radius 3 is 2.61 bits per heavy atom. The fourth-order valence-corrected chi connectivity index (χ4v) is 2.37. The van der Waals surface area contributed by atoms with Crippen molar-refractivity contribution in [2.24, 2.45) is 0 Å². The lowest BCUT2D eigenvalue weighted by Gasteiger charge is -2.26. The van der Waals surface area contributed by atoms with E-state index in [1.807, 2.05) is 4.90 Å². The molecule has 0 aromatic rings. The maximum atomic E-state index is 11.8. The SMILES string of the molecule is O=C1CC(NCCC(=O)N2CCCCC2)C(=O)N1. The van der Waals surface area contributed by atoms with Crippen LogP contribution in [-0.2, 0) is 14.4 Å². The fraction of sp³-hybridized carbons (Fsp3) is 0.750. The summed E-state index contributed by atoms with van der Waals surface area (Å²) in [6, 6.07) is -0.466. The number of imide groups is 1. The van der Waals surface area contributed by atoms with Gasteiger partial charge in [-0.3, -0.25) is 19.7 Å². The monoisotopic (exact) mass is 253 g/mol. The minimum absolute atomic E-state index is 0.131. The van der Waals surface area contributed by atoms with Gasteiger partial charge in [0.15, 0.2) is 0 Å². The van der Waals surface area contributed by atoms with Gasteiger partial charge in [-0.15, -0.1) is 0 Å². The van der Waals surface area contributed by atoms with Gasteiger partial charge < -0.3 is 10.2 Å². The summed E-state index contributed by atoms with van der Waals surface area (Å²) in [7, 11) is 0. The van der Waals surface area contributed by atoms with E-state index >= 15 is 0 Å². The lowest BCUT2D eigenvalue weighted by atomic mass is 10.1. The topological polar surface area (TPSA) is 78.5 Å². The Morgan fingerprint density at radius 2 is 2.00 bits per heavy atom. The summed E-state index contributed by atoms with van der Waals surface area (Å²) in [6.45, 7) is 2.14. The van der Waals surface area contributed by atoms with Crippen molar-refractivity contribution in [3.8, 4) is 0 Å². The zero-order valence-electron chi connectivity index (χ0n) is 10.4. The van der Waals surface area contributed by atoms with Gasteiger partial charge in [0.1, 0.15) is 0 Å². The number of hydrogen-bond donors (Lipinski definition) is 2. The first-order chi connectivity index (χ1) is 8.66. The number of likely N-dealkylation sites (tertiary alicyclic amines) is 1. The summed E-state index contributed by atoms with van der Waals surface area (Å²) in [5.74, 6) is -0.405. The number of carbonyl (C=O) groups excluding carboxylic acids is 3. The van der Waals surface area contributed by atoms with Gasteiger partial charge >= 0.3 is 0 Å². The molecular weight excluding hydrogens is 234 g/mol. The van der Waals surface area contributed by atoms with E-state index in [2.05, 4.69) is 10.6 Å². The van der Waals surface area contributed by atoms with Crippen LogP contribution in [0.5, 0.6) is 0 Å². The van der Waals surface area contributed by atoms with E-state index in [0.717, 1.165) is 25.9 Å². The molecule has 2 fully saturated rings. The molecule has 2 heterocycles. The largest absolute Gasteiger partial charge is 0.343 e. The van der Waals surface area contributed by atoms with Crippen LogP contribution < -0.4 is 10.6 Å². The molecule has 0 aromatic heterocycles. The highest BCUT2D eigenvalue weighted by Gasteiger charge is 2.29. The summed E-state index contributed by atoms with van der Waals surface area (Å²) >= 11 is 0. The molecule has 6 nitrogen and oxygen atoms in total. The molecule has 100 valence electrons. The van der Waals surface area contributed by atoms with E-state index in [1.165, 1.54) is 6.42 Å². The standard InChI is InChI=1S/C12H19N3O3/c16-10-8-9(12(18)14-10)13-5-4-11(17)15-6-2-1-3-7-15/h9,13H,1-8H2,(H,14,16,18). The van der Waals surface area contributed by atoms with Crippen molar-refractivity contribution in [2.75, 3.05) is 19.6 Å². The van der Waals surface area contributed by atoms with Crippen LogP contribution in [-0.4, -0.2) is 48.3 Å². The van der Waals surface area contributed by atoms with Crippen LogP contribution in [0.1, 0.15) is 32.1 Å².